The molecule has 23 heavy (non-hydrogen) atoms. The molecule has 0 aliphatic rings. The number of ether oxygens (including phenoxy) is 2. The fourth-order valence-corrected chi connectivity index (χ4v) is 2.65. The molecular formula is C19H23NO3. The average molecular weight is 313 g/mol. The molecule has 0 heterocycles. The van der Waals surface area contributed by atoms with Crippen LogP contribution in [0.15, 0.2) is 42.5 Å². The molecule has 0 saturated carbocycles. The van der Waals surface area contributed by atoms with Gasteiger partial charge in [-0.15, -0.1) is 0 Å². The number of para-hydroxylation sites is 1. The van der Waals surface area contributed by atoms with E-state index in [9.17, 15) is 4.79 Å². The lowest BCUT2D eigenvalue weighted by atomic mass is 10.1. The second kappa shape index (κ2) is 7.79. The quantitative estimate of drug-likeness (QED) is 0.889. The van der Waals surface area contributed by atoms with Crippen molar-refractivity contribution in [3.8, 4) is 5.75 Å². The summed E-state index contributed by atoms with van der Waals surface area (Å²) in [7, 11) is 3.25. The summed E-state index contributed by atoms with van der Waals surface area (Å²) in [6, 6.07) is 13.5. The Bertz CT molecular complexity index is 662. The number of carbonyl (C=O) groups excluding carboxylic acids is 1. The minimum Gasteiger partial charge on any atom is -0.496 e. The molecule has 0 bridgehead atoms. The third-order valence-corrected chi connectivity index (χ3v) is 3.70. The van der Waals surface area contributed by atoms with Crippen molar-refractivity contribution in [3.05, 3.63) is 64.7 Å². The summed E-state index contributed by atoms with van der Waals surface area (Å²) in [4.78, 5) is 12.4. The zero-order valence-corrected chi connectivity index (χ0v) is 14.1. The van der Waals surface area contributed by atoms with Crippen molar-refractivity contribution in [2.45, 2.75) is 20.0 Å². The van der Waals surface area contributed by atoms with Gasteiger partial charge in [-0.3, -0.25) is 4.79 Å². The van der Waals surface area contributed by atoms with Gasteiger partial charge < -0.3 is 14.8 Å². The molecule has 1 unspecified atom stereocenters. The van der Waals surface area contributed by atoms with Gasteiger partial charge in [0.25, 0.3) is 5.91 Å². The first-order valence-electron chi connectivity index (χ1n) is 7.57. The Balaban J connectivity index is 2.09. The van der Waals surface area contributed by atoms with Crippen molar-refractivity contribution >= 4 is 5.91 Å². The maximum Gasteiger partial charge on any atom is 0.251 e. The molecule has 0 aliphatic heterocycles. The first-order chi connectivity index (χ1) is 11.0. The minimum absolute atomic E-state index is 0.103. The standard InChI is InChI=1S/C19H23NO3/c1-13-9-14(2)11-15(10-13)19(21)20-12-18(23-4)16-7-5-6-8-17(16)22-3/h5-11,18H,12H2,1-4H3,(H,20,21). The molecule has 0 aliphatic carbocycles. The number of carbonyl (C=O) groups is 1. The summed E-state index contributed by atoms with van der Waals surface area (Å²) in [6.45, 7) is 4.34. The Morgan fingerprint density at radius 3 is 2.35 bits per heavy atom. The molecule has 1 atom stereocenters. The third kappa shape index (κ3) is 4.33. The molecular weight excluding hydrogens is 290 g/mol. The summed E-state index contributed by atoms with van der Waals surface area (Å²) in [5.74, 6) is 0.647. The minimum atomic E-state index is -0.263. The third-order valence-electron chi connectivity index (χ3n) is 3.70. The van der Waals surface area contributed by atoms with E-state index in [-0.39, 0.29) is 12.0 Å². The van der Waals surface area contributed by atoms with E-state index < -0.39 is 0 Å². The van der Waals surface area contributed by atoms with Gasteiger partial charge in [0.1, 0.15) is 11.9 Å². The number of aryl methyl sites for hydroxylation is 2. The highest BCUT2D eigenvalue weighted by Crippen LogP contribution is 2.26. The van der Waals surface area contributed by atoms with Gasteiger partial charge in [0.15, 0.2) is 0 Å². The molecule has 1 N–H and O–H groups in total. The van der Waals surface area contributed by atoms with E-state index in [1.807, 2.05) is 56.3 Å². The van der Waals surface area contributed by atoms with Crippen LogP contribution in [0.2, 0.25) is 0 Å². The maximum atomic E-state index is 12.4. The number of hydrogen-bond acceptors (Lipinski definition) is 3. The summed E-state index contributed by atoms with van der Waals surface area (Å²) in [5, 5.41) is 2.93. The van der Waals surface area contributed by atoms with Crippen LogP contribution in [0.5, 0.6) is 5.75 Å². The van der Waals surface area contributed by atoms with Crippen molar-refractivity contribution in [3.63, 3.8) is 0 Å². The average Bonchev–Trinajstić information content (AvgIpc) is 2.54. The van der Waals surface area contributed by atoms with E-state index >= 15 is 0 Å². The van der Waals surface area contributed by atoms with Gasteiger partial charge in [-0.05, 0) is 32.0 Å². The van der Waals surface area contributed by atoms with Crippen LogP contribution in [0.25, 0.3) is 0 Å². The fraction of sp³-hybridized carbons (Fsp3) is 0.316. The van der Waals surface area contributed by atoms with Gasteiger partial charge in [0.05, 0.1) is 7.11 Å². The number of hydrogen-bond donors (Lipinski definition) is 1. The van der Waals surface area contributed by atoms with Crippen LogP contribution in [0.3, 0.4) is 0 Å². The molecule has 0 fully saturated rings. The lowest BCUT2D eigenvalue weighted by Crippen LogP contribution is -2.29. The molecule has 0 radical (unpaired) electrons. The Morgan fingerprint density at radius 2 is 1.74 bits per heavy atom. The van der Waals surface area contributed by atoms with Crippen LogP contribution < -0.4 is 10.1 Å². The number of nitrogens with one attached hydrogen (secondary N) is 1. The Hall–Kier alpha value is -2.33. The number of benzene rings is 2. The lowest BCUT2D eigenvalue weighted by Gasteiger charge is -2.19. The second-order valence-electron chi connectivity index (χ2n) is 5.55. The van der Waals surface area contributed by atoms with Gasteiger partial charge in [0.2, 0.25) is 0 Å². The smallest absolute Gasteiger partial charge is 0.251 e. The van der Waals surface area contributed by atoms with Gasteiger partial charge in [-0.2, -0.15) is 0 Å². The largest absolute Gasteiger partial charge is 0.496 e. The molecule has 0 saturated heterocycles. The molecule has 2 rings (SSSR count). The molecule has 4 nitrogen and oxygen atoms in total. The molecule has 2 aromatic carbocycles. The van der Waals surface area contributed by atoms with Crippen LogP contribution in [-0.2, 0) is 4.74 Å². The highest BCUT2D eigenvalue weighted by molar-refractivity contribution is 5.94. The van der Waals surface area contributed by atoms with E-state index in [4.69, 9.17) is 9.47 Å². The predicted molar refractivity (Wildman–Crippen MR) is 91.0 cm³/mol. The number of rotatable bonds is 6. The number of methoxy groups -OCH3 is 2. The van der Waals surface area contributed by atoms with Crippen molar-refractivity contribution in [2.24, 2.45) is 0 Å². The molecule has 2 aromatic rings. The summed E-state index contributed by atoms with van der Waals surface area (Å²) < 4.78 is 10.9. The van der Waals surface area contributed by atoms with Crippen LogP contribution in [0, 0.1) is 13.8 Å². The monoisotopic (exact) mass is 313 g/mol. The van der Waals surface area contributed by atoms with E-state index in [1.54, 1.807) is 14.2 Å². The summed E-state index contributed by atoms with van der Waals surface area (Å²) in [5.41, 5.74) is 3.72. The van der Waals surface area contributed by atoms with Crippen molar-refractivity contribution in [1.82, 2.24) is 5.32 Å². The summed E-state index contributed by atoms with van der Waals surface area (Å²) in [6.07, 6.45) is -0.263. The van der Waals surface area contributed by atoms with Gasteiger partial charge >= 0.3 is 0 Å². The van der Waals surface area contributed by atoms with Gasteiger partial charge in [-0.25, -0.2) is 0 Å². The molecule has 1 amide bonds. The highest BCUT2D eigenvalue weighted by Gasteiger charge is 2.17. The van der Waals surface area contributed by atoms with Crippen molar-refractivity contribution < 1.29 is 14.3 Å². The van der Waals surface area contributed by atoms with E-state index in [0.717, 1.165) is 22.4 Å². The first-order valence-corrected chi connectivity index (χ1v) is 7.57. The van der Waals surface area contributed by atoms with Crippen LogP contribution in [-0.4, -0.2) is 26.7 Å². The highest BCUT2D eigenvalue weighted by atomic mass is 16.5. The normalized spacial score (nSPS) is 11.8. The molecule has 0 spiro atoms. The van der Waals surface area contributed by atoms with Gasteiger partial charge in [0, 0.05) is 24.8 Å². The second-order valence-corrected chi connectivity index (χ2v) is 5.55. The zero-order chi connectivity index (χ0) is 16.8. The molecule has 122 valence electrons. The van der Waals surface area contributed by atoms with E-state index in [1.165, 1.54) is 0 Å². The predicted octanol–water partition coefficient (Wildman–Crippen LogP) is 3.43. The lowest BCUT2D eigenvalue weighted by molar-refractivity contribution is 0.0819. The topological polar surface area (TPSA) is 47.6 Å². The van der Waals surface area contributed by atoms with E-state index in [2.05, 4.69) is 5.32 Å². The maximum absolute atomic E-state index is 12.4. The fourth-order valence-electron chi connectivity index (χ4n) is 2.65. The van der Waals surface area contributed by atoms with Crippen LogP contribution in [0.4, 0.5) is 0 Å². The molecule has 4 heteroatoms. The van der Waals surface area contributed by atoms with Gasteiger partial charge in [-0.1, -0.05) is 35.4 Å². The Labute approximate surface area is 137 Å². The zero-order valence-electron chi connectivity index (χ0n) is 14.1. The SMILES string of the molecule is COc1ccccc1C(CNC(=O)c1cc(C)cc(C)c1)OC. The first kappa shape index (κ1) is 17.0. The van der Waals surface area contributed by atoms with E-state index in [0.29, 0.717) is 12.1 Å². The Kier molecular flexibility index (Phi) is 5.77. The van der Waals surface area contributed by atoms with Crippen LogP contribution in [0.1, 0.15) is 33.2 Å². The molecule has 0 aromatic heterocycles. The summed E-state index contributed by atoms with van der Waals surface area (Å²) >= 11 is 0. The van der Waals surface area contributed by atoms with Crippen LogP contribution >= 0.6 is 0 Å². The van der Waals surface area contributed by atoms with Crippen molar-refractivity contribution in [1.29, 1.82) is 0 Å². The number of amides is 1. The Morgan fingerprint density at radius 1 is 1.09 bits per heavy atom. The van der Waals surface area contributed by atoms with Crippen molar-refractivity contribution in [2.75, 3.05) is 20.8 Å².